The predicted molar refractivity (Wildman–Crippen MR) is 158 cm³/mol. The summed E-state index contributed by atoms with van der Waals surface area (Å²) in [5.74, 6) is 0.844. The topological polar surface area (TPSA) is 166 Å². The Morgan fingerprint density at radius 3 is 2.64 bits per heavy atom. The predicted octanol–water partition coefficient (Wildman–Crippen LogP) is 5.39. The number of nitrogens with one attached hydrogen (secondary N) is 3. The molecule has 6 rings (SSSR count). The standard InChI is InChI=1S/C30H29N9O3/c31-27(40)14-19-5-3-10-24(13-19)39-28(16-26(38-39)20-6-1-2-7-20)37-30(41)35-23-9-4-8-22(15-23)34-29-32-12-11-25(36-29)21-17-33-42-18-21/h3-5,8-13,15-18,20H,1-2,6-7,14H2,(H2,31,40)(H,32,34,36)(H2,35,37,41). The van der Waals surface area contributed by atoms with Gasteiger partial charge in [-0.05, 0) is 54.8 Å². The molecule has 1 aliphatic carbocycles. The van der Waals surface area contributed by atoms with Gasteiger partial charge in [-0.2, -0.15) is 5.10 Å². The second kappa shape index (κ2) is 11.9. The van der Waals surface area contributed by atoms with Crippen molar-refractivity contribution in [1.29, 1.82) is 0 Å². The number of nitrogens with zero attached hydrogens (tertiary/aromatic N) is 5. The van der Waals surface area contributed by atoms with Crippen molar-refractivity contribution in [2.24, 2.45) is 5.73 Å². The van der Waals surface area contributed by atoms with Crippen molar-refractivity contribution < 1.29 is 14.1 Å². The molecule has 5 N–H and O–H groups in total. The zero-order chi connectivity index (χ0) is 28.9. The number of carbonyl (C=O) groups excluding carboxylic acids is 2. The molecule has 0 bridgehead atoms. The van der Waals surface area contributed by atoms with Gasteiger partial charge in [0.1, 0.15) is 12.1 Å². The van der Waals surface area contributed by atoms with E-state index in [-0.39, 0.29) is 6.42 Å². The van der Waals surface area contributed by atoms with Crippen LogP contribution in [0.25, 0.3) is 16.9 Å². The van der Waals surface area contributed by atoms with Crippen LogP contribution in [0.3, 0.4) is 0 Å². The van der Waals surface area contributed by atoms with E-state index in [4.69, 9.17) is 15.4 Å². The van der Waals surface area contributed by atoms with Crippen LogP contribution in [0, 0.1) is 0 Å². The highest BCUT2D eigenvalue weighted by molar-refractivity contribution is 5.99. The first-order valence-electron chi connectivity index (χ1n) is 13.7. The normalized spacial score (nSPS) is 13.1. The van der Waals surface area contributed by atoms with Gasteiger partial charge in [0.05, 0.1) is 35.3 Å². The lowest BCUT2D eigenvalue weighted by Crippen LogP contribution is -2.21. The molecule has 3 amide bonds. The summed E-state index contributed by atoms with van der Waals surface area (Å²) in [6, 6.07) is 17.9. The number of aromatic nitrogens is 5. The van der Waals surface area contributed by atoms with Crippen molar-refractivity contribution in [3.8, 4) is 16.9 Å². The molecule has 12 nitrogen and oxygen atoms in total. The third-order valence-electron chi connectivity index (χ3n) is 7.04. The molecule has 3 aromatic heterocycles. The van der Waals surface area contributed by atoms with Crippen LogP contribution >= 0.6 is 0 Å². The molecule has 0 saturated heterocycles. The van der Waals surface area contributed by atoms with Crippen LogP contribution in [0.1, 0.15) is 42.9 Å². The van der Waals surface area contributed by atoms with Gasteiger partial charge in [-0.3, -0.25) is 10.1 Å². The summed E-state index contributed by atoms with van der Waals surface area (Å²) < 4.78 is 6.61. The first-order valence-corrected chi connectivity index (χ1v) is 13.7. The molecule has 0 spiro atoms. The Labute approximate surface area is 241 Å². The number of amides is 3. The minimum absolute atomic E-state index is 0.119. The van der Waals surface area contributed by atoms with Crippen LogP contribution in [0.2, 0.25) is 0 Å². The van der Waals surface area contributed by atoms with E-state index in [1.807, 2.05) is 42.5 Å². The molecular formula is C30H29N9O3. The van der Waals surface area contributed by atoms with Crippen LogP contribution in [-0.4, -0.2) is 36.8 Å². The van der Waals surface area contributed by atoms with E-state index in [0.29, 0.717) is 34.8 Å². The summed E-state index contributed by atoms with van der Waals surface area (Å²) >= 11 is 0. The van der Waals surface area contributed by atoms with E-state index in [1.54, 1.807) is 35.3 Å². The molecule has 42 heavy (non-hydrogen) atoms. The smallest absolute Gasteiger partial charge is 0.324 e. The highest BCUT2D eigenvalue weighted by Gasteiger charge is 2.23. The fraction of sp³-hybridized carbons (Fsp3) is 0.200. The lowest BCUT2D eigenvalue weighted by molar-refractivity contribution is -0.117. The molecule has 0 unspecified atom stereocenters. The molecule has 0 radical (unpaired) electrons. The average molecular weight is 564 g/mol. The van der Waals surface area contributed by atoms with Crippen LogP contribution in [-0.2, 0) is 11.2 Å². The summed E-state index contributed by atoms with van der Waals surface area (Å²) in [5.41, 5.74) is 10.5. The van der Waals surface area contributed by atoms with E-state index >= 15 is 0 Å². The Bertz CT molecular complexity index is 1710. The van der Waals surface area contributed by atoms with E-state index in [2.05, 4.69) is 31.1 Å². The maximum absolute atomic E-state index is 13.2. The number of nitrogens with two attached hydrogens (primary N) is 1. The quantitative estimate of drug-likeness (QED) is 0.185. The van der Waals surface area contributed by atoms with Crippen molar-refractivity contribution >= 4 is 35.1 Å². The Balaban J connectivity index is 1.19. The Morgan fingerprint density at radius 1 is 1.00 bits per heavy atom. The molecular weight excluding hydrogens is 534 g/mol. The second-order valence-electron chi connectivity index (χ2n) is 10.1. The van der Waals surface area contributed by atoms with Gasteiger partial charge in [-0.1, -0.05) is 36.2 Å². The summed E-state index contributed by atoms with van der Waals surface area (Å²) in [5, 5.41) is 17.6. The van der Waals surface area contributed by atoms with Crippen molar-refractivity contribution in [2.75, 3.05) is 16.0 Å². The molecule has 212 valence electrons. The summed E-state index contributed by atoms with van der Waals surface area (Å²) in [6.07, 6.45) is 9.30. The lowest BCUT2D eigenvalue weighted by Gasteiger charge is -2.12. The monoisotopic (exact) mass is 563 g/mol. The van der Waals surface area contributed by atoms with Gasteiger partial charge in [-0.25, -0.2) is 19.4 Å². The average Bonchev–Trinajstić information content (AvgIpc) is 3.76. The van der Waals surface area contributed by atoms with Crippen LogP contribution < -0.4 is 21.7 Å². The molecule has 0 atom stereocenters. The zero-order valence-electron chi connectivity index (χ0n) is 22.7. The third-order valence-corrected chi connectivity index (χ3v) is 7.04. The molecule has 0 aliphatic heterocycles. The molecule has 3 heterocycles. The summed E-state index contributed by atoms with van der Waals surface area (Å²) in [6.45, 7) is 0. The fourth-order valence-corrected chi connectivity index (χ4v) is 5.10. The lowest BCUT2D eigenvalue weighted by atomic mass is 10.0. The molecule has 5 aromatic rings. The minimum atomic E-state index is -0.426. The largest absolute Gasteiger partial charge is 0.369 e. The summed E-state index contributed by atoms with van der Waals surface area (Å²) in [7, 11) is 0. The maximum atomic E-state index is 13.2. The van der Waals surface area contributed by atoms with E-state index in [1.165, 1.54) is 6.26 Å². The molecule has 1 aliphatic rings. The second-order valence-corrected chi connectivity index (χ2v) is 10.1. The van der Waals surface area contributed by atoms with Crippen LogP contribution in [0.5, 0.6) is 0 Å². The molecule has 12 heteroatoms. The maximum Gasteiger partial charge on any atom is 0.324 e. The first kappa shape index (κ1) is 26.7. The highest BCUT2D eigenvalue weighted by atomic mass is 16.5. The first-order chi connectivity index (χ1) is 20.5. The van der Waals surface area contributed by atoms with Gasteiger partial charge in [0.2, 0.25) is 11.9 Å². The Hall–Kier alpha value is -5.52. The van der Waals surface area contributed by atoms with Gasteiger partial charge in [0, 0.05) is 29.6 Å². The van der Waals surface area contributed by atoms with Crippen molar-refractivity contribution in [3.63, 3.8) is 0 Å². The van der Waals surface area contributed by atoms with Crippen molar-refractivity contribution in [1.82, 2.24) is 24.9 Å². The van der Waals surface area contributed by atoms with Gasteiger partial charge in [0.15, 0.2) is 0 Å². The van der Waals surface area contributed by atoms with E-state index < -0.39 is 11.9 Å². The molecule has 1 fully saturated rings. The van der Waals surface area contributed by atoms with Crippen LogP contribution in [0.4, 0.5) is 27.9 Å². The zero-order valence-corrected chi connectivity index (χ0v) is 22.7. The number of benzene rings is 2. The number of urea groups is 1. The fourth-order valence-electron chi connectivity index (χ4n) is 5.10. The third kappa shape index (κ3) is 6.28. The van der Waals surface area contributed by atoms with Gasteiger partial charge in [-0.15, -0.1) is 0 Å². The number of primary amides is 1. The van der Waals surface area contributed by atoms with Gasteiger partial charge in [0.25, 0.3) is 0 Å². The van der Waals surface area contributed by atoms with Crippen molar-refractivity contribution in [2.45, 2.75) is 38.0 Å². The minimum Gasteiger partial charge on any atom is -0.369 e. The SMILES string of the molecule is NC(=O)Cc1cccc(-n2nc(C3CCCC3)cc2NC(=O)Nc2cccc(Nc3nccc(-c4cnoc4)n3)c2)c1. The number of hydrogen-bond donors (Lipinski definition) is 4. The number of carbonyl (C=O) groups is 2. The number of hydrogen-bond acceptors (Lipinski definition) is 8. The van der Waals surface area contributed by atoms with E-state index in [9.17, 15) is 9.59 Å². The number of anilines is 4. The molecule has 2 aromatic carbocycles. The molecule has 1 saturated carbocycles. The van der Waals surface area contributed by atoms with Crippen molar-refractivity contribution in [3.05, 3.63) is 90.6 Å². The highest BCUT2D eigenvalue weighted by Crippen LogP contribution is 2.35. The Morgan fingerprint density at radius 2 is 1.83 bits per heavy atom. The van der Waals surface area contributed by atoms with Gasteiger partial charge >= 0.3 is 6.03 Å². The van der Waals surface area contributed by atoms with E-state index in [0.717, 1.165) is 48.2 Å². The van der Waals surface area contributed by atoms with Crippen LogP contribution in [0.15, 0.2) is 83.8 Å². The number of rotatable bonds is 9. The summed E-state index contributed by atoms with van der Waals surface area (Å²) in [4.78, 5) is 33.4. The Kier molecular flexibility index (Phi) is 7.58. The van der Waals surface area contributed by atoms with Gasteiger partial charge < -0.3 is 20.9 Å².